The fourth-order valence-electron chi connectivity index (χ4n) is 0.359. The average Bonchev–Trinajstić information content (AvgIpc) is 1.97. The Balaban J connectivity index is 3.80. The van der Waals surface area contributed by atoms with Crippen LogP contribution in [0.1, 0.15) is 20.8 Å². The highest BCUT2D eigenvalue weighted by Crippen LogP contribution is 2.02. The van der Waals surface area contributed by atoms with Gasteiger partial charge in [-0.05, 0) is 20.8 Å². The molecule has 2 amide bonds. The zero-order valence-corrected chi connectivity index (χ0v) is 7.72. The van der Waals surface area contributed by atoms with E-state index in [2.05, 4.69) is 5.32 Å². The van der Waals surface area contributed by atoms with Crippen LogP contribution in [-0.2, 0) is 14.4 Å². The van der Waals surface area contributed by atoms with E-state index in [1.807, 2.05) is 5.48 Å². The first-order valence-electron chi connectivity index (χ1n) is 3.57. The Kier molecular flexibility index (Phi) is 3.69. The lowest BCUT2D eigenvalue weighted by atomic mass is 10.2. The summed E-state index contributed by atoms with van der Waals surface area (Å²) in [7, 11) is 1.37. The molecule has 0 bridgehead atoms. The van der Waals surface area contributed by atoms with Gasteiger partial charge in [0.2, 0.25) is 0 Å². The van der Waals surface area contributed by atoms with Crippen molar-refractivity contribution in [3.05, 3.63) is 0 Å². The van der Waals surface area contributed by atoms with Crippen LogP contribution >= 0.6 is 0 Å². The van der Waals surface area contributed by atoms with Crippen molar-refractivity contribution in [3.63, 3.8) is 0 Å². The second kappa shape index (κ2) is 4.06. The quantitative estimate of drug-likeness (QED) is 0.419. The molecule has 2 N–H and O–H groups in total. The van der Waals surface area contributed by atoms with Crippen molar-refractivity contribution in [2.45, 2.75) is 26.4 Å². The van der Waals surface area contributed by atoms with Crippen LogP contribution in [0.4, 0.5) is 0 Å². The second-order valence-electron chi connectivity index (χ2n) is 3.22. The number of carbonyl (C=O) groups excluding carboxylic acids is 2. The lowest BCUT2D eigenvalue weighted by molar-refractivity contribution is -0.154. The van der Waals surface area contributed by atoms with Crippen molar-refractivity contribution in [3.8, 4) is 0 Å². The van der Waals surface area contributed by atoms with Crippen molar-refractivity contribution in [2.24, 2.45) is 0 Å². The summed E-state index contributed by atoms with van der Waals surface area (Å²) < 4.78 is 0. The molecule has 0 aliphatic rings. The summed E-state index contributed by atoms with van der Waals surface area (Å²) in [4.78, 5) is 26.3. The van der Waals surface area contributed by atoms with Gasteiger partial charge in [-0.25, -0.2) is 5.48 Å². The number of amides is 2. The number of rotatable bonds is 1. The average molecular weight is 174 g/mol. The molecule has 0 heterocycles. The number of hydroxylamine groups is 1. The molecule has 0 unspecified atom stereocenters. The summed E-state index contributed by atoms with van der Waals surface area (Å²) in [5, 5.41) is 2.17. The first-order chi connectivity index (χ1) is 5.37. The van der Waals surface area contributed by atoms with Crippen LogP contribution in [-0.4, -0.2) is 24.5 Å². The van der Waals surface area contributed by atoms with Crippen LogP contribution in [0.15, 0.2) is 0 Å². The van der Waals surface area contributed by atoms with E-state index < -0.39 is 17.4 Å². The highest BCUT2D eigenvalue weighted by atomic mass is 16.7. The van der Waals surface area contributed by atoms with Crippen molar-refractivity contribution < 1.29 is 14.4 Å². The molecule has 0 saturated carbocycles. The van der Waals surface area contributed by atoms with E-state index in [4.69, 9.17) is 4.84 Å². The number of nitrogens with one attached hydrogen (secondary N) is 2. The van der Waals surface area contributed by atoms with Gasteiger partial charge in [0.1, 0.15) is 0 Å². The Bertz CT molecular complexity index is 184. The van der Waals surface area contributed by atoms with E-state index in [1.54, 1.807) is 20.8 Å². The molecule has 12 heavy (non-hydrogen) atoms. The summed E-state index contributed by atoms with van der Waals surface area (Å²) in [6, 6.07) is 0. The van der Waals surface area contributed by atoms with Gasteiger partial charge < -0.3 is 5.32 Å². The lowest BCUT2D eigenvalue weighted by Gasteiger charge is -2.18. The number of hydrogen-bond acceptors (Lipinski definition) is 3. The van der Waals surface area contributed by atoms with E-state index in [0.717, 1.165) is 0 Å². The Hall–Kier alpha value is -1.10. The molecule has 0 fully saturated rings. The van der Waals surface area contributed by atoms with Crippen molar-refractivity contribution in [1.82, 2.24) is 10.8 Å². The second-order valence-corrected chi connectivity index (χ2v) is 3.22. The maximum absolute atomic E-state index is 10.8. The number of carbonyl (C=O) groups is 2. The zero-order chi connectivity index (χ0) is 9.78. The first-order valence-corrected chi connectivity index (χ1v) is 3.57. The normalized spacial score (nSPS) is 10.7. The largest absolute Gasteiger partial charge is 0.351 e. The highest BCUT2D eigenvalue weighted by molar-refractivity contribution is 6.34. The van der Waals surface area contributed by atoms with Gasteiger partial charge in [-0.3, -0.25) is 14.4 Å². The van der Waals surface area contributed by atoms with Crippen molar-refractivity contribution in [2.75, 3.05) is 7.05 Å². The van der Waals surface area contributed by atoms with Gasteiger partial charge in [0.15, 0.2) is 0 Å². The molecule has 0 aliphatic heterocycles. The smallest absolute Gasteiger partial charge is 0.332 e. The van der Waals surface area contributed by atoms with Gasteiger partial charge in [-0.1, -0.05) is 0 Å². The molecule has 70 valence electrons. The van der Waals surface area contributed by atoms with E-state index in [0.29, 0.717) is 0 Å². The fraction of sp³-hybridized carbons (Fsp3) is 0.714. The van der Waals surface area contributed by atoms with Crippen LogP contribution in [0.3, 0.4) is 0 Å². The predicted octanol–water partition coefficient (Wildman–Crippen LogP) is -0.421. The molecule has 5 nitrogen and oxygen atoms in total. The molecule has 0 aliphatic carbocycles. The Labute approximate surface area is 71.4 Å². The molecule has 0 aromatic rings. The minimum atomic E-state index is -0.799. The van der Waals surface area contributed by atoms with E-state index in [9.17, 15) is 9.59 Å². The van der Waals surface area contributed by atoms with Crippen LogP contribution < -0.4 is 10.8 Å². The molecule has 0 rings (SSSR count). The van der Waals surface area contributed by atoms with Crippen LogP contribution in [0.2, 0.25) is 0 Å². The molecular formula is C7H14N2O3. The van der Waals surface area contributed by atoms with Crippen molar-refractivity contribution in [1.29, 1.82) is 0 Å². The third kappa shape index (κ3) is 4.68. The summed E-state index contributed by atoms with van der Waals surface area (Å²) in [5.41, 5.74) is 1.53. The summed E-state index contributed by atoms with van der Waals surface area (Å²) in [5.74, 6) is -1.52. The molecule has 5 heteroatoms. The standard InChI is InChI=1S/C7H14N2O3/c1-7(2,3)12-9-6(11)5(10)8-4/h1-4H3,(H,8,10)(H,9,11). The Morgan fingerprint density at radius 1 is 1.17 bits per heavy atom. The van der Waals surface area contributed by atoms with Crippen molar-refractivity contribution >= 4 is 11.8 Å². The number of hydrogen-bond donors (Lipinski definition) is 2. The summed E-state index contributed by atoms with van der Waals surface area (Å²) in [6.07, 6.45) is 0. The predicted molar refractivity (Wildman–Crippen MR) is 43.0 cm³/mol. The van der Waals surface area contributed by atoms with Gasteiger partial charge in [0, 0.05) is 7.05 Å². The molecule has 0 aromatic heterocycles. The highest BCUT2D eigenvalue weighted by Gasteiger charge is 2.16. The summed E-state index contributed by atoms with van der Waals surface area (Å²) in [6.45, 7) is 5.28. The maximum atomic E-state index is 10.8. The molecule has 0 atom stereocenters. The van der Waals surface area contributed by atoms with Gasteiger partial charge in [-0.15, -0.1) is 0 Å². The minimum Gasteiger partial charge on any atom is -0.351 e. The maximum Gasteiger partial charge on any atom is 0.332 e. The Morgan fingerprint density at radius 2 is 1.67 bits per heavy atom. The molecule has 0 radical (unpaired) electrons. The first kappa shape index (κ1) is 10.9. The van der Waals surface area contributed by atoms with E-state index >= 15 is 0 Å². The lowest BCUT2D eigenvalue weighted by Crippen LogP contribution is -2.41. The SMILES string of the molecule is CNC(=O)C(=O)NOC(C)(C)C. The Morgan fingerprint density at radius 3 is 2.00 bits per heavy atom. The molecule has 0 aromatic carbocycles. The monoisotopic (exact) mass is 174 g/mol. The summed E-state index contributed by atoms with van der Waals surface area (Å²) >= 11 is 0. The molecule has 0 saturated heterocycles. The zero-order valence-electron chi connectivity index (χ0n) is 7.72. The molecular weight excluding hydrogens is 160 g/mol. The van der Waals surface area contributed by atoms with E-state index in [1.165, 1.54) is 7.05 Å². The third-order valence-corrected chi connectivity index (χ3v) is 0.883. The third-order valence-electron chi connectivity index (χ3n) is 0.883. The van der Waals surface area contributed by atoms with Gasteiger partial charge in [0.05, 0.1) is 5.60 Å². The topological polar surface area (TPSA) is 67.4 Å². The minimum absolute atomic E-state index is 0.496. The van der Waals surface area contributed by atoms with E-state index in [-0.39, 0.29) is 0 Å². The fourth-order valence-corrected chi connectivity index (χ4v) is 0.359. The van der Waals surface area contributed by atoms with Gasteiger partial charge in [0.25, 0.3) is 0 Å². The van der Waals surface area contributed by atoms with Gasteiger partial charge in [-0.2, -0.15) is 0 Å². The van der Waals surface area contributed by atoms with Crippen LogP contribution in [0.25, 0.3) is 0 Å². The van der Waals surface area contributed by atoms with Gasteiger partial charge >= 0.3 is 11.8 Å². The van der Waals surface area contributed by atoms with Crippen LogP contribution in [0, 0.1) is 0 Å². The van der Waals surface area contributed by atoms with Crippen LogP contribution in [0.5, 0.6) is 0 Å². The number of likely N-dealkylation sites (N-methyl/N-ethyl adjacent to an activating group) is 1. The molecule has 0 spiro atoms.